The molecule has 0 saturated carbocycles. The van der Waals surface area contributed by atoms with Gasteiger partial charge >= 0.3 is 0 Å². The van der Waals surface area contributed by atoms with E-state index in [-0.39, 0.29) is 11.2 Å². The van der Waals surface area contributed by atoms with Crippen molar-refractivity contribution in [2.75, 3.05) is 0 Å². The number of carbonyl (C=O) groups is 1. The molecule has 3 aromatic rings. The minimum Gasteiger partial charge on any atom is -0.487 e. The summed E-state index contributed by atoms with van der Waals surface area (Å²) in [5.74, 6) is 0.768. The molecule has 0 amide bonds. The van der Waals surface area contributed by atoms with Crippen LogP contribution in [0.15, 0.2) is 48.0 Å². The second-order valence-electron chi connectivity index (χ2n) is 8.59. The highest BCUT2D eigenvalue weighted by Crippen LogP contribution is 2.58. The highest BCUT2D eigenvalue weighted by Gasteiger charge is 2.45. The molecule has 164 valence electrons. The van der Waals surface area contributed by atoms with E-state index in [2.05, 4.69) is 24.0 Å². The summed E-state index contributed by atoms with van der Waals surface area (Å²) in [4.78, 5) is 16.6. The zero-order valence-electron chi connectivity index (χ0n) is 17.8. The van der Waals surface area contributed by atoms with Gasteiger partial charge in [0.2, 0.25) is 0 Å². The van der Waals surface area contributed by atoms with Gasteiger partial charge in [-0.05, 0) is 48.1 Å². The zero-order chi connectivity index (χ0) is 22.3. The van der Waals surface area contributed by atoms with Crippen LogP contribution in [-0.2, 0) is 17.8 Å². The number of ether oxygens (including phenoxy) is 1. The SMILES string of the molecule is CCCC12CCC(=O)C=C1c1c(cc(OCc3ccc(-c4nccs4)cc3)c(Cl)c1Cl)C2. The quantitative estimate of drug-likeness (QED) is 0.359. The first-order chi connectivity index (χ1) is 15.5. The molecular formula is C26H23Cl2NO2S. The van der Waals surface area contributed by atoms with Crippen LogP contribution in [0.5, 0.6) is 5.75 Å². The van der Waals surface area contributed by atoms with Crippen molar-refractivity contribution in [1.29, 1.82) is 0 Å². The first-order valence-corrected chi connectivity index (χ1v) is 12.5. The molecule has 0 bridgehead atoms. The van der Waals surface area contributed by atoms with Gasteiger partial charge in [-0.15, -0.1) is 11.3 Å². The van der Waals surface area contributed by atoms with Crippen LogP contribution in [-0.4, -0.2) is 10.8 Å². The van der Waals surface area contributed by atoms with Crippen LogP contribution in [0.4, 0.5) is 0 Å². The molecule has 1 unspecified atom stereocenters. The molecule has 2 aromatic carbocycles. The molecule has 3 nitrogen and oxygen atoms in total. The number of halogens is 2. The third-order valence-electron chi connectivity index (χ3n) is 6.54. The molecule has 5 rings (SSSR count). The van der Waals surface area contributed by atoms with Crippen LogP contribution in [0.2, 0.25) is 10.0 Å². The maximum absolute atomic E-state index is 12.2. The average Bonchev–Trinajstić information content (AvgIpc) is 3.43. The van der Waals surface area contributed by atoms with E-state index in [4.69, 9.17) is 27.9 Å². The van der Waals surface area contributed by atoms with Gasteiger partial charge in [0.05, 0.1) is 5.02 Å². The van der Waals surface area contributed by atoms with Crippen LogP contribution in [0.3, 0.4) is 0 Å². The Kier molecular flexibility index (Phi) is 5.87. The molecule has 2 aliphatic rings. The van der Waals surface area contributed by atoms with Crippen molar-refractivity contribution in [2.24, 2.45) is 5.41 Å². The number of hydrogen-bond acceptors (Lipinski definition) is 4. The summed E-state index contributed by atoms with van der Waals surface area (Å²) < 4.78 is 6.11. The number of thiazole rings is 1. The summed E-state index contributed by atoms with van der Waals surface area (Å²) in [7, 11) is 0. The highest BCUT2D eigenvalue weighted by atomic mass is 35.5. The number of benzene rings is 2. The van der Waals surface area contributed by atoms with E-state index < -0.39 is 0 Å². The van der Waals surface area contributed by atoms with E-state index in [0.29, 0.717) is 28.8 Å². The second-order valence-corrected chi connectivity index (χ2v) is 10.2. The molecule has 0 spiro atoms. The Morgan fingerprint density at radius 3 is 2.72 bits per heavy atom. The predicted octanol–water partition coefficient (Wildman–Crippen LogP) is 7.78. The van der Waals surface area contributed by atoms with Crippen molar-refractivity contribution in [1.82, 2.24) is 4.98 Å². The molecule has 6 heteroatoms. The zero-order valence-corrected chi connectivity index (χ0v) is 20.1. The fraction of sp³-hybridized carbons (Fsp3) is 0.308. The Morgan fingerprint density at radius 2 is 2.00 bits per heavy atom. The van der Waals surface area contributed by atoms with Crippen LogP contribution in [0.25, 0.3) is 16.1 Å². The van der Waals surface area contributed by atoms with Gasteiger partial charge < -0.3 is 4.74 Å². The summed E-state index contributed by atoms with van der Waals surface area (Å²) in [5.41, 5.74) is 5.27. The smallest absolute Gasteiger partial charge is 0.156 e. The van der Waals surface area contributed by atoms with E-state index >= 15 is 0 Å². The second kappa shape index (κ2) is 8.66. The molecule has 0 radical (unpaired) electrons. The molecule has 0 aliphatic heterocycles. The lowest BCUT2D eigenvalue weighted by molar-refractivity contribution is -0.115. The van der Waals surface area contributed by atoms with Crippen LogP contribution < -0.4 is 4.74 Å². The fourth-order valence-electron chi connectivity index (χ4n) is 5.05. The molecular weight excluding hydrogens is 461 g/mol. The Morgan fingerprint density at radius 1 is 1.19 bits per heavy atom. The summed E-state index contributed by atoms with van der Waals surface area (Å²) in [6, 6.07) is 10.2. The van der Waals surface area contributed by atoms with Gasteiger partial charge in [-0.1, -0.05) is 60.8 Å². The lowest BCUT2D eigenvalue weighted by atomic mass is 9.70. The van der Waals surface area contributed by atoms with Gasteiger partial charge in [-0.25, -0.2) is 4.98 Å². The van der Waals surface area contributed by atoms with E-state index in [1.165, 1.54) is 0 Å². The van der Waals surface area contributed by atoms with Gasteiger partial charge in [0, 0.05) is 34.5 Å². The minimum atomic E-state index is -0.0117. The molecule has 1 atom stereocenters. The average molecular weight is 484 g/mol. The van der Waals surface area contributed by atoms with E-state index in [9.17, 15) is 4.79 Å². The van der Waals surface area contributed by atoms with Gasteiger partial charge in [0.1, 0.15) is 22.4 Å². The predicted molar refractivity (Wildman–Crippen MR) is 132 cm³/mol. The van der Waals surface area contributed by atoms with Gasteiger partial charge in [0.15, 0.2) is 5.78 Å². The molecule has 0 saturated heterocycles. The van der Waals surface area contributed by atoms with Crippen molar-refractivity contribution < 1.29 is 9.53 Å². The maximum Gasteiger partial charge on any atom is 0.156 e. The molecule has 1 heterocycles. The number of hydrogen-bond donors (Lipinski definition) is 0. The van der Waals surface area contributed by atoms with Crippen molar-refractivity contribution in [3.63, 3.8) is 0 Å². The first kappa shape index (κ1) is 21.7. The Balaban J connectivity index is 1.41. The molecule has 2 aliphatic carbocycles. The van der Waals surface area contributed by atoms with Crippen LogP contribution in [0.1, 0.15) is 49.3 Å². The van der Waals surface area contributed by atoms with Crippen LogP contribution >= 0.6 is 34.5 Å². The van der Waals surface area contributed by atoms with Crippen molar-refractivity contribution in [3.8, 4) is 16.3 Å². The third kappa shape index (κ3) is 3.79. The number of allylic oxidation sites excluding steroid dienone is 2. The Bertz CT molecular complexity index is 1200. The Labute approximate surface area is 202 Å². The normalized spacial score (nSPS) is 19.5. The third-order valence-corrected chi connectivity index (χ3v) is 8.21. The standard InChI is InChI=1S/C26H23Cl2NO2S/c1-2-8-26-9-7-19(30)13-20(26)22-18(14-26)12-21(23(27)24(22)28)31-15-16-3-5-17(6-4-16)25-29-10-11-32-25/h3-6,10-13H,2,7-9,14-15H2,1H3. The van der Waals surface area contributed by atoms with Crippen molar-refractivity contribution in [3.05, 3.63) is 74.7 Å². The summed E-state index contributed by atoms with van der Waals surface area (Å²) in [6.07, 6.45) is 8.06. The molecule has 1 aromatic heterocycles. The lowest BCUT2D eigenvalue weighted by Gasteiger charge is -2.33. The van der Waals surface area contributed by atoms with Gasteiger partial charge in [-0.3, -0.25) is 4.79 Å². The Hall–Kier alpha value is -2.14. The summed E-state index contributed by atoms with van der Waals surface area (Å²) in [6.45, 7) is 2.59. The van der Waals surface area contributed by atoms with E-state index in [0.717, 1.165) is 58.5 Å². The van der Waals surface area contributed by atoms with Crippen LogP contribution in [0, 0.1) is 5.41 Å². The summed E-state index contributed by atoms with van der Waals surface area (Å²) >= 11 is 15.0. The monoisotopic (exact) mass is 483 g/mol. The van der Waals surface area contributed by atoms with Gasteiger partial charge in [-0.2, -0.15) is 0 Å². The van der Waals surface area contributed by atoms with E-state index in [1.54, 1.807) is 17.4 Å². The topological polar surface area (TPSA) is 39.2 Å². The minimum absolute atomic E-state index is 0.0117. The first-order valence-electron chi connectivity index (χ1n) is 10.9. The highest BCUT2D eigenvalue weighted by molar-refractivity contribution is 7.13. The number of carbonyl (C=O) groups excluding carboxylic acids is 1. The van der Waals surface area contributed by atoms with E-state index in [1.807, 2.05) is 29.8 Å². The number of rotatable bonds is 6. The largest absolute Gasteiger partial charge is 0.487 e. The number of aromatic nitrogens is 1. The number of nitrogens with zero attached hydrogens (tertiary/aromatic N) is 1. The number of ketones is 1. The molecule has 32 heavy (non-hydrogen) atoms. The fourth-order valence-corrected chi connectivity index (χ4v) is 6.22. The number of fused-ring (bicyclic) bond motifs is 3. The molecule has 0 N–H and O–H groups in total. The molecule has 0 fully saturated rings. The lowest BCUT2D eigenvalue weighted by Crippen LogP contribution is -2.25. The van der Waals surface area contributed by atoms with Crippen molar-refractivity contribution in [2.45, 2.75) is 45.6 Å². The summed E-state index contributed by atoms with van der Waals surface area (Å²) in [5, 5.41) is 3.88. The van der Waals surface area contributed by atoms with Crippen molar-refractivity contribution >= 4 is 45.9 Å². The maximum atomic E-state index is 12.2. The van der Waals surface area contributed by atoms with Gasteiger partial charge in [0.25, 0.3) is 0 Å².